The van der Waals surface area contributed by atoms with Crippen molar-refractivity contribution in [1.82, 2.24) is 10.6 Å². The number of nitrogens with one attached hydrogen (secondary N) is 2. The van der Waals surface area contributed by atoms with Gasteiger partial charge in [-0.2, -0.15) is 0 Å². The van der Waals surface area contributed by atoms with Gasteiger partial charge in [0, 0.05) is 22.9 Å². The van der Waals surface area contributed by atoms with E-state index in [9.17, 15) is 4.79 Å². The Morgan fingerprint density at radius 1 is 1.24 bits per heavy atom. The first-order chi connectivity index (χ1) is 9.70. The number of halogens is 2. The Bertz CT molecular complexity index is 480. The number of carbonyl (C=O) groups is 1. The number of amides is 1. The molecule has 0 unspecified atom stereocenters. The first kappa shape index (κ1) is 16.6. The fourth-order valence-corrected chi connectivity index (χ4v) is 3.13. The van der Waals surface area contributed by atoms with E-state index < -0.39 is 0 Å². The molecule has 1 aliphatic heterocycles. The molecule has 3 nitrogen and oxygen atoms in total. The summed E-state index contributed by atoms with van der Waals surface area (Å²) in [5.41, 5.74) is 1.46. The zero-order chi connectivity index (χ0) is 14.0. The van der Waals surface area contributed by atoms with Gasteiger partial charge in [0.2, 0.25) is 5.91 Å². The molecule has 0 radical (unpaired) electrons. The second-order valence-electron chi connectivity index (χ2n) is 6.03. The maximum atomic E-state index is 12.2. The summed E-state index contributed by atoms with van der Waals surface area (Å²) in [6.07, 6.45) is 4.22. The Balaban J connectivity index is 0.00000161. The molecule has 1 aromatic carbocycles. The van der Waals surface area contributed by atoms with Gasteiger partial charge < -0.3 is 10.6 Å². The molecule has 0 aromatic heterocycles. The van der Waals surface area contributed by atoms with Gasteiger partial charge in [-0.05, 0) is 56.5 Å². The summed E-state index contributed by atoms with van der Waals surface area (Å²) < 4.78 is 0. The maximum absolute atomic E-state index is 12.2. The molecule has 0 bridgehead atoms. The first-order valence-corrected chi connectivity index (χ1v) is 7.82. The molecule has 1 saturated carbocycles. The van der Waals surface area contributed by atoms with Crippen LogP contribution in [0.5, 0.6) is 0 Å². The Morgan fingerprint density at radius 3 is 2.43 bits per heavy atom. The normalized spacial score (nSPS) is 20.4. The second kappa shape index (κ2) is 6.99. The van der Waals surface area contributed by atoms with E-state index in [1.54, 1.807) is 0 Å². The average molecular weight is 329 g/mol. The zero-order valence-electron chi connectivity index (χ0n) is 12.0. The smallest absolute Gasteiger partial charge is 0.223 e. The van der Waals surface area contributed by atoms with Crippen molar-refractivity contribution >= 4 is 29.9 Å². The third kappa shape index (κ3) is 3.91. The fraction of sp³-hybridized carbons (Fsp3) is 0.562. The second-order valence-corrected chi connectivity index (χ2v) is 6.47. The Kier molecular flexibility index (Phi) is 5.53. The van der Waals surface area contributed by atoms with E-state index in [1.165, 1.54) is 5.56 Å². The SMILES string of the molecule is Cl.O=C(NCC1(c2ccc(Cl)cc2)CC1)C1CCNCC1. The summed E-state index contributed by atoms with van der Waals surface area (Å²) >= 11 is 5.94. The molecule has 2 N–H and O–H groups in total. The predicted octanol–water partition coefficient (Wildman–Crippen LogP) is 2.91. The fourth-order valence-electron chi connectivity index (χ4n) is 3.01. The Hall–Kier alpha value is -0.770. The molecule has 1 saturated heterocycles. The predicted molar refractivity (Wildman–Crippen MR) is 88.2 cm³/mol. The number of benzene rings is 1. The molecular formula is C16H22Cl2N2O. The summed E-state index contributed by atoms with van der Waals surface area (Å²) in [7, 11) is 0. The van der Waals surface area contributed by atoms with Crippen molar-refractivity contribution in [3.8, 4) is 0 Å². The molecule has 5 heteroatoms. The van der Waals surface area contributed by atoms with Gasteiger partial charge in [0.1, 0.15) is 0 Å². The summed E-state index contributed by atoms with van der Waals surface area (Å²) in [4.78, 5) is 12.2. The lowest BCUT2D eigenvalue weighted by atomic mass is 9.94. The van der Waals surface area contributed by atoms with Crippen molar-refractivity contribution in [2.45, 2.75) is 31.1 Å². The van der Waals surface area contributed by atoms with Crippen molar-refractivity contribution in [3.63, 3.8) is 0 Å². The van der Waals surface area contributed by atoms with E-state index in [1.807, 2.05) is 12.1 Å². The van der Waals surface area contributed by atoms with Gasteiger partial charge in [-0.15, -0.1) is 12.4 Å². The van der Waals surface area contributed by atoms with Gasteiger partial charge in [-0.25, -0.2) is 0 Å². The van der Waals surface area contributed by atoms with Crippen molar-refractivity contribution in [1.29, 1.82) is 0 Å². The maximum Gasteiger partial charge on any atom is 0.223 e. The van der Waals surface area contributed by atoms with Crippen molar-refractivity contribution in [2.24, 2.45) is 5.92 Å². The summed E-state index contributed by atoms with van der Waals surface area (Å²) in [6, 6.07) is 8.05. The molecule has 1 heterocycles. The summed E-state index contributed by atoms with van der Waals surface area (Å²) in [6.45, 7) is 2.68. The average Bonchev–Trinajstić information content (AvgIpc) is 3.27. The van der Waals surface area contributed by atoms with Crippen molar-refractivity contribution in [2.75, 3.05) is 19.6 Å². The lowest BCUT2D eigenvalue weighted by Gasteiger charge is -2.23. The molecule has 1 aromatic rings. The molecule has 1 aliphatic carbocycles. The Labute approximate surface area is 137 Å². The van der Waals surface area contributed by atoms with Gasteiger partial charge in [0.25, 0.3) is 0 Å². The minimum atomic E-state index is 0. The van der Waals surface area contributed by atoms with Crippen LogP contribution in [-0.2, 0) is 10.2 Å². The minimum absolute atomic E-state index is 0. The molecule has 2 aliphatic rings. The van der Waals surface area contributed by atoms with Crippen molar-refractivity contribution in [3.05, 3.63) is 34.9 Å². The molecule has 2 fully saturated rings. The monoisotopic (exact) mass is 328 g/mol. The van der Waals surface area contributed by atoms with Crippen LogP contribution in [0.15, 0.2) is 24.3 Å². The highest BCUT2D eigenvalue weighted by atomic mass is 35.5. The number of rotatable bonds is 4. The van der Waals surface area contributed by atoms with Gasteiger partial charge >= 0.3 is 0 Å². The molecule has 0 spiro atoms. The third-order valence-electron chi connectivity index (χ3n) is 4.62. The molecule has 1 amide bonds. The highest BCUT2D eigenvalue weighted by molar-refractivity contribution is 6.30. The van der Waals surface area contributed by atoms with E-state index >= 15 is 0 Å². The van der Waals surface area contributed by atoms with Gasteiger partial charge in [0.05, 0.1) is 0 Å². The van der Waals surface area contributed by atoms with Crippen LogP contribution in [-0.4, -0.2) is 25.5 Å². The third-order valence-corrected chi connectivity index (χ3v) is 4.87. The largest absolute Gasteiger partial charge is 0.355 e. The summed E-state index contributed by atoms with van der Waals surface area (Å²) in [5.74, 6) is 0.420. The van der Waals surface area contributed by atoms with Gasteiger partial charge in [-0.1, -0.05) is 23.7 Å². The van der Waals surface area contributed by atoms with E-state index in [0.717, 1.165) is 50.3 Å². The topological polar surface area (TPSA) is 41.1 Å². The molecule has 116 valence electrons. The zero-order valence-corrected chi connectivity index (χ0v) is 13.6. The van der Waals surface area contributed by atoms with Crippen LogP contribution in [0.1, 0.15) is 31.2 Å². The van der Waals surface area contributed by atoms with Gasteiger partial charge in [-0.3, -0.25) is 4.79 Å². The molecule has 0 atom stereocenters. The van der Waals surface area contributed by atoms with Crippen LogP contribution in [0.25, 0.3) is 0 Å². The molecule has 21 heavy (non-hydrogen) atoms. The van der Waals surface area contributed by atoms with E-state index in [4.69, 9.17) is 11.6 Å². The van der Waals surface area contributed by atoms with Gasteiger partial charge in [0.15, 0.2) is 0 Å². The standard InChI is InChI=1S/C16H21ClN2O.ClH/c17-14-3-1-13(2-4-14)16(7-8-16)11-19-15(20)12-5-9-18-10-6-12;/h1-4,12,18H,5-11H2,(H,19,20);1H. The number of hydrogen-bond acceptors (Lipinski definition) is 2. The number of piperidine rings is 1. The minimum Gasteiger partial charge on any atom is -0.355 e. The van der Waals surface area contributed by atoms with Crippen LogP contribution in [0.3, 0.4) is 0 Å². The van der Waals surface area contributed by atoms with Crippen molar-refractivity contribution < 1.29 is 4.79 Å². The first-order valence-electron chi connectivity index (χ1n) is 7.44. The lowest BCUT2D eigenvalue weighted by Crippen LogP contribution is -2.40. The van der Waals surface area contributed by atoms with Crippen LogP contribution in [0.2, 0.25) is 5.02 Å². The lowest BCUT2D eigenvalue weighted by molar-refractivity contribution is -0.125. The Morgan fingerprint density at radius 2 is 1.86 bits per heavy atom. The molecular weight excluding hydrogens is 307 g/mol. The summed E-state index contributed by atoms with van der Waals surface area (Å²) in [5, 5.41) is 7.23. The quantitative estimate of drug-likeness (QED) is 0.892. The van der Waals surface area contributed by atoms with Crippen LogP contribution in [0.4, 0.5) is 0 Å². The highest BCUT2D eigenvalue weighted by Crippen LogP contribution is 2.47. The van der Waals surface area contributed by atoms with E-state index in [2.05, 4.69) is 22.8 Å². The van der Waals surface area contributed by atoms with E-state index in [0.29, 0.717) is 0 Å². The number of carbonyl (C=O) groups excluding carboxylic acids is 1. The van der Waals surface area contributed by atoms with Crippen LogP contribution >= 0.6 is 24.0 Å². The highest BCUT2D eigenvalue weighted by Gasteiger charge is 2.44. The van der Waals surface area contributed by atoms with Crippen LogP contribution < -0.4 is 10.6 Å². The number of hydrogen-bond donors (Lipinski definition) is 2. The molecule has 3 rings (SSSR count). The van der Waals surface area contributed by atoms with Crippen LogP contribution in [0, 0.1) is 5.92 Å². The van der Waals surface area contributed by atoms with E-state index in [-0.39, 0.29) is 29.6 Å².